The van der Waals surface area contributed by atoms with Crippen LogP contribution < -0.4 is 5.32 Å². The van der Waals surface area contributed by atoms with Gasteiger partial charge in [0.15, 0.2) is 0 Å². The summed E-state index contributed by atoms with van der Waals surface area (Å²) in [6.45, 7) is 2.27. The fourth-order valence-corrected chi connectivity index (χ4v) is 5.03. The van der Waals surface area contributed by atoms with Crippen molar-refractivity contribution in [1.82, 2.24) is 10.2 Å². The Morgan fingerprint density at radius 1 is 1.22 bits per heavy atom. The van der Waals surface area contributed by atoms with Gasteiger partial charge in [0.25, 0.3) is 0 Å². The number of nitrogens with zero attached hydrogens (tertiary/aromatic N) is 1. The van der Waals surface area contributed by atoms with E-state index < -0.39 is 0 Å². The Hall–Kier alpha value is -1.55. The van der Waals surface area contributed by atoms with Gasteiger partial charge in [0.05, 0.1) is 0 Å². The molecule has 5 heteroatoms. The Morgan fingerprint density at radius 2 is 2.00 bits per heavy atom. The SMILES string of the molecule is O=C(CCC1CCN(C(=O)C2CC23CCC3)CC1)NCc1cccc(Cl)c1. The van der Waals surface area contributed by atoms with E-state index in [1.165, 1.54) is 19.3 Å². The van der Waals surface area contributed by atoms with Crippen LogP contribution in [0, 0.1) is 17.3 Å². The van der Waals surface area contributed by atoms with Crippen LogP contribution in [0.5, 0.6) is 0 Å². The molecule has 1 aromatic rings. The van der Waals surface area contributed by atoms with Crippen molar-refractivity contribution in [2.45, 2.75) is 57.9 Å². The Kier molecular flexibility index (Phi) is 5.45. The van der Waals surface area contributed by atoms with E-state index in [0.29, 0.717) is 41.1 Å². The first kappa shape index (κ1) is 18.8. The molecule has 1 N–H and O–H groups in total. The molecule has 0 bridgehead atoms. The monoisotopic (exact) mass is 388 g/mol. The third-order valence-electron chi connectivity index (χ3n) is 6.92. The van der Waals surface area contributed by atoms with E-state index >= 15 is 0 Å². The first-order valence-electron chi connectivity index (χ1n) is 10.4. The number of nitrogens with one attached hydrogen (secondary N) is 1. The molecule has 1 aromatic carbocycles. The van der Waals surface area contributed by atoms with Crippen LogP contribution in [0.2, 0.25) is 5.02 Å². The average molecular weight is 389 g/mol. The Bertz CT molecular complexity index is 708. The third kappa shape index (κ3) is 4.31. The van der Waals surface area contributed by atoms with Crippen molar-refractivity contribution in [1.29, 1.82) is 0 Å². The zero-order chi connectivity index (χ0) is 18.9. The van der Waals surface area contributed by atoms with Crippen LogP contribution in [0.15, 0.2) is 24.3 Å². The predicted octanol–water partition coefficient (Wildman–Crippen LogP) is 4.17. The summed E-state index contributed by atoms with van der Waals surface area (Å²) in [5, 5.41) is 3.67. The molecule has 1 aliphatic heterocycles. The molecule has 1 unspecified atom stereocenters. The second kappa shape index (κ2) is 7.83. The highest BCUT2D eigenvalue weighted by atomic mass is 35.5. The summed E-state index contributed by atoms with van der Waals surface area (Å²) in [7, 11) is 0. The van der Waals surface area contributed by atoms with Crippen LogP contribution in [-0.2, 0) is 16.1 Å². The Morgan fingerprint density at radius 3 is 2.63 bits per heavy atom. The number of piperidine rings is 1. The van der Waals surface area contributed by atoms with Crippen molar-refractivity contribution in [3.8, 4) is 0 Å². The zero-order valence-electron chi connectivity index (χ0n) is 15.9. The van der Waals surface area contributed by atoms with Gasteiger partial charge < -0.3 is 10.2 Å². The lowest BCUT2D eigenvalue weighted by Gasteiger charge is -2.34. The van der Waals surface area contributed by atoms with E-state index in [0.717, 1.165) is 44.3 Å². The van der Waals surface area contributed by atoms with E-state index in [2.05, 4.69) is 10.2 Å². The maximum atomic E-state index is 12.6. The van der Waals surface area contributed by atoms with Gasteiger partial charge in [0.1, 0.15) is 0 Å². The van der Waals surface area contributed by atoms with Gasteiger partial charge in [-0.1, -0.05) is 30.2 Å². The minimum Gasteiger partial charge on any atom is -0.352 e. The van der Waals surface area contributed by atoms with Crippen LogP contribution >= 0.6 is 11.6 Å². The number of halogens is 1. The molecular weight excluding hydrogens is 360 g/mol. The molecule has 0 radical (unpaired) electrons. The highest BCUT2D eigenvalue weighted by molar-refractivity contribution is 6.30. The molecule has 1 heterocycles. The van der Waals surface area contributed by atoms with Gasteiger partial charge in [-0.2, -0.15) is 0 Å². The molecule has 1 atom stereocenters. The van der Waals surface area contributed by atoms with Crippen molar-refractivity contribution in [2.24, 2.45) is 17.3 Å². The fraction of sp³-hybridized carbons (Fsp3) is 0.636. The lowest BCUT2D eigenvalue weighted by molar-refractivity contribution is -0.135. The normalized spacial score (nSPS) is 23.7. The molecule has 2 amide bonds. The maximum absolute atomic E-state index is 12.6. The Balaban J connectivity index is 1.13. The quantitative estimate of drug-likeness (QED) is 0.795. The second-order valence-electron chi connectivity index (χ2n) is 8.69. The van der Waals surface area contributed by atoms with Crippen molar-refractivity contribution in [3.05, 3.63) is 34.9 Å². The molecule has 3 aliphatic rings. The summed E-state index contributed by atoms with van der Waals surface area (Å²) in [6, 6.07) is 7.57. The van der Waals surface area contributed by atoms with Gasteiger partial charge >= 0.3 is 0 Å². The lowest BCUT2D eigenvalue weighted by atomic mass is 9.79. The van der Waals surface area contributed by atoms with E-state index in [1.807, 2.05) is 24.3 Å². The number of benzene rings is 1. The van der Waals surface area contributed by atoms with Gasteiger partial charge in [-0.05, 0) is 67.6 Å². The smallest absolute Gasteiger partial charge is 0.226 e. The van der Waals surface area contributed by atoms with E-state index in [-0.39, 0.29) is 5.91 Å². The third-order valence-corrected chi connectivity index (χ3v) is 7.16. The molecule has 4 rings (SSSR count). The highest BCUT2D eigenvalue weighted by Crippen LogP contribution is 2.66. The first-order chi connectivity index (χ1) is 13.1. The van der Waals surface area contributed by atoms with Crippen LogP contribution in [0.4, 0.5) is 0 Å². The summed E-state index contributed by atoms with van der Waals surface area (Å²) in [4.78, 5) is 26.8. The van der Waals surface area contributed by atoms with Crippen molar-refractivity contribution in [2.75, 3.05) is 13.1 Å². The molecule has 1 spiro atoms. The summed E-state index contributed by atoms with van der Waals surface area (Å²) in [5.41, 5.74) is 1.45. The summed E-state index contributed by atoms with van der Waals surface area (Å²) < 4.78 is 0. The van der Waals surface area contributed by atoms with E-state index in [9.17, 15) is 9.59 Å². The van der Waals surface area contributed by atoms with Crippen LogP contribution in [-0.4, -0.2) is 29.8 Å². The van der Waals surface area contributed by atoms with Gasteiger partial charge in [0.2, 0.25) is 11.8 Å². The zero-order valence-corrected chi connectivity index (χ0v) is 16.6. The molecular formula is C22H29ClN2O2. The molecule has 0 aromatic heterocycles. The van der Waals surface area contributed by atoms with Crippen molar-refractivity contribution >= 4 is 23.4 Å². The van der Waals surface area contributed by atoms with E-state index in [1.54, 1.807) is 0 Å². The lowest BCUT2D eigenvalue weighted by Crippen LogP contribution is -2.41. The number of carbonyl (C=O) groups is 2. The van der Waals surface area contributed by atoms with Gasteiger partial charge in [-0.15, -0.1) is 0 Å². The number of hydrogen-bond acceptors (Lipinski definition) is 2. The number of hydrogen-bond donors (Lipinski definition) is 1. The minimum atomic E-state index is 0.0957. The molecule has 27 heavy (non-hydrogen) atoms. The highest BCUT2D eigenvalue weighted by Gasteiger charge is 2.61. The van der Waals surface area contributed by atoms with Gasteiger partial charge in [-0.25, -0.2) is 0 Å². The number of likely N-dealkylation sites (tertiary alicyclic amines) is 1. The van der Waals surface area contributed by atoms with Crippen molar-refractivity contribution in [3.63, 3.8) is 0 Å². The number of amides is 2. The molecule has 3 fully saturated rings. The molecule has 146 valence electrons. The predicted molar refractivity (Wildman–Crippen MR) is 106 cm³/mol. The summed E-state index contributed by atoms with van der Waals surface area (Å²) >= 11 is 5.97. The molecule has 4 nitrogen and oxygen atoms in total. The van der Waals surface area contributed by atoms with E-state index in [4.69, 9.17) is 11.6 Å². The summed E-state index contributed by atoms with van der Waals surface area (Å²) in [5.74, 6) is 1.40. The Labute approximate surface area is 166 Å². The van der Waals surface area contributed by atoms with Crippen LogP contribution in [0.3, 0.4) is 0 Å². The number of rotatable bonds is 6. The largest absolute Gasteiger partial charge is 0.352 e. The topological polar surface area (TPSA) is 49.4 Å². The summed E-state index contributed by atoms with van der Waals surface area (Å²) in [6.07, 6.45) is 8.53. The molecule has 1 saturated heterocycles. The number of carbonyl (C=O) groups excluding carboxylic acids is 2. The second-order valence-corrected chi connectivity index (χ2v) is 9.12. The fourth-order valence-electron chi connectivity index (χ4n) is 4.81. The van der Waals surface area contributed by atoms with Crippen molar-refractivity contribution < 1.29 is 9.59 Å². The minimum absolute atomic E-state index is 0.0957. The first-order valence-corrected chi connectivity index (χ1v) is 10.7. The molecule has 2 saturated carbocycles. The standard InChI is InChI=1S/C22H29ClN2O2/c23-18-4-1-3-17(13-18)15-24-20(26)6-5-16-7-11-25(12-8-16)21(27)19-14-22(19)9-2-10-22/h1,3-4,13,16,19H,2,5-12,14-15H2,(H,24,26). The van der Waals surface area contributed by atoms with Gasteiger partial charge in [0, 0.05) is 37.0 Å². The molecule has 2 aliphatic carbocycles. The average Bonchev–Trinajstić information content (AvgIpc) is 3.41. The van der Waals surface area contributed by atoms with Crippen LogP contribution in [0.1, 0.15) is 56.9 Å². The van der Waals surface area contributed by atoms with Gasteiger partial charge in [-0.3, -0.25) is 9.59 Å². The maximum Gasteiger partial charge on any atom is 0.226 e. The van der Waals surface area contributed by atoms with Crippen LogP contribution in [0.25, 0.3) is 0 Å².